The van der Waals surface area contributed by atoms with Crippen LogP contribution < -0.4 is 14.4 Å². The second-order valence-corrected chi connectivity index (χ2v) is 6.67. The molecule has 0 atom stereocenters. The summed E-state index contributed by atoms with van der Waals surface area (Å²) in [5.41, 5.74) is 0.716. The van der Waals surface area contributed by atoms with Crippen molar-refractivity contribution in [3.8, 4) is 11.5 Å². The Balaban J connectivity index is 2.08. The van der Waals surface area contributed by atoms with Gasteiger partial charge in [0.25, 0.3) is 5.91 Å². The summed E-state index contributed by atoms with van der Waals surface area (Å²) < 4.78 is 12.0. The van der Waals surface area contributed by atoms with Gasteiger partial charge in [-0.25, -0.2) is 0 Å². The molecule has 0 bridgehead atoms. The zero-order valence-electron chi connectivity index (χ0n) is 13.2. The van der Waals surface area contributed by atoms with E-state index in [-0.39, 0.29) is 5.91 Å². The number of carbonyl (C=O) groups excluding carboxylic acids is 1. The van der Waals surface area contributed by atoms with Crippen molar-refractivity contribution in [1.82, 2.24) is 4.98 Å². The average Bonchev–Trinajstić information content (AvgIpc) is 2.52. The number of halogens is 1. The number of hydrogen-bond acceptors (Lipinski definition) is 4. The maximum atomic E-state index is 12.8. The summed E-state index contributed by atoms with van der Waals surface area (Å²) in [5.74, 6) is 1.19. The predicted molar refractivity (Wildman–Crippen MR) is 90.8 cm³/mol. The molecule has 1 aliphatic heterocycles. The molecule has 1 amide bonds. The number of fused-ring (bicyclic) bond motifs is 1. The molecule has 6 heteroatoms. The minimum Gasteiger partial charge on any atom is -0.495 e. The minimum absolute atomic E-state index is 0.0989. The molecule has 1 aromatic carbocycles. The molecule has 120 valence electrons. The van der Waals surface area contributed by atoms with Gasteiger partial charge in [0.1, 0.15) is 11.5 Å². The Hall–Kier alpha value is -2.08. The summed E-state index contributed by atoms with van der Waals surface area (Å²) in [7, 11) is 1.59. The monoisotopic (exact) mass is 376 g/mol. The van der Waals surface area contributed by atoms with E-state index in [1.807, 2.05) is 24.3 Å². The first kappa shape index (κ1) is 15.8. The second-order valence-electron chi connectivity index (χ2n) is 5.82. The molecule has 0 radical (unpaired) electrons. The van der Waals surface area contributed by atoms with Crippen LogP contribution in [0.15, 0.2) is 41.1 Å². The standard InChI is InChI=1S/C17H17BrN2O3/c1-17(2)16(21)20(10-11-5-4-6-19-9-11)13-8-14(22-3)12(18)7-15(13)23-17/h4-9H,10H2,1-3H3. The van der Waals surface area contributed by atoms with Crippen LogP contribution in [0.25, 0.3) is 0 Å². The number of pyridine rings is 1. The van der Waals surface area contributed by atoms with E-state index in [9.17, 15) is 4.79 Å². The van der Waals surface area contributed by atoms with Crippen LogP contribution in [0.2, 0.25) is 0 Å². The highest BCUT2D eigenvalue weighted by atomic mass is 79.9. The van der Waals surface area contributed by atoms with E-state index in [0.717, 1.165) is 10.0 Å². The van der Waals surface area contributed by atoms with Crippen LogP contribution >= 0.6 is 15.9 Å². The molecule has 1 aliphatic rings. The van der Waals surface area contributed by atoms with Crippen LogP contribution in [0.5, 0.6) is 11.5 Å². The molecule has 0 N–H and O–H groups in total. The van der Waals surface area contributed by atoms with E-state index in [2.05, 4.69) is 20.9 Å². The Labute approximate surface area is 143 Å². The van der Waals surface area contributed by atoms with Crippen molar-refractivity contribution in [2.75, 3.05) is 12.0 Å². The first-order valence-corrected chi connectivity index (χ1v) is 7.99. The third-order valence-electron chi connectivity index (χ3n) is 3.71. The van der Waals surface area contributed by atoms with E-state index < -0.39 is 5.60 Å². The lowest BCUT2D eigenvalue weighted by Gasteiger charge is -2.39. The topological polar surface area (TPSA) is 51.7 Å². The van der Waals surface area contributed by atoms with Gasteiger partial charge in [-0.2, -0.15) is 0 Å². The zero-order valence-corrected chi connectivity index (χ0v) is 14.8. The maximum absolute atomic E-state index is 12.8. The molecule has 0 aliphatic carbocycles. The summed E-state index contributed by atoms with van der Waals surface area (Å²) in [5, 5.41) is 0. The number of benzene rings is 1. The quantitative estimate of drug-likeness (QED) is 0.821. The number of aromatic nitrogens is 1. The number of carbonyl (C=O) groups is 1. The fourth-order valence-corrected chi connectivity index (χ4v) is 3.04. The van der Waals surface area contributed by atoms with Crippen LogP contribution in [-0.2, 0) is 11.3 Å². The number of anilines is 1. The van der Waals surface area contributed by atoms with E-state index in [0.29, 0.717) is 23.7 Å². The fraction of sp³-hybridized carbons (Fsp3) is 0.294. The van der Waals surface area contributed by atoms with E-state index in [4.69, 9.17) is 9.47 Å². The van der Waals surface area contributed by atoms with Crippen LogP contribution in [0, 0.1) is 0 Å². The van der Waals surface area contributed by atoms with Crippen molar-refractivity contribution < 1.29 is 14.3 Å². The van der Waals surface area contributed by atoms with Gasteiger partial charge in [-0.05, 0) is 41.4 Å². The van der Waals surface area contributed by atoms with Crippen LogP contribution in [0.3, 0.4) is 0 Å². The lowest BCUT2D eigenvalue weighted by molar-refractivity contribution is -0.132. The van der Waals surface area contributed by atoms with Crippen LogP contribution in [0.1, 0.15) is 19.4 Å². The third kappa shape index (κ3) is 2.91. The third-order valence-corrected chi connectivity index (χ3v) is 4.33. The number of nitrogens with zero attached hydrogens (tertiary/aromatic N) is 2. The van der Waals surface area contributed by atoms with Crippen molar-refractivity contribution in [3.63, 3.8) is 0 Å². The van der Waals surface area contributed by atoms with E-state index >= 15 is 0 Å². The molecule has 0 saturated heterocycles. The lowest BCUT2D eigenvalue weighted by Crippen LogP contribution is -2.52. The van der Waals surface area contributed by atoms with Crippen molar-refractivity contribution in [1.29, 1.82) is 0 Å². The molecular formula is C17H17BrN2O3. The van der Waals surface area contributed by atoms with Crippen molar-refractivity contribution in [2.24, 2.45) is 0 Å². The second kappa shape index (κ2) is 5.85. The van der Waals surface area contributed by atoms with Gasteiger partial charge in [0.2, 0.25) is 0 Å². The number of hydrogen-bond donors (Lipinski definition) is 0. The number of amides is 1. The molecule has 5 nitrogen and oxygen atoms in total. The summed E-state index contributed by atoms with van der Waals surface area (Å²) in [6.45, 7) is 3.97. The minimum atomic E-state index is -0.927. The molecular weight excluding hydrogens is 360 g/mol. The first-order chi connectivity index (χ1) is 10.9. The normalized spacial score (nSPS) is 15.8. The fourth-order valence-electron chi connectivity index (χ4n) is 2.56. The molecule has 2 heterocycles. The van der Waals surface area contributed by atoms with E-state index in [1.54, 1.807) is 38.3 Å². The highest BCUT2D eigenvalue weighted by Gasteiger charge is 2.41. The largest absolute Gasteiger partial charge is 0.495 e. The predicted octanol–water partition coefficient (Wildman–Crippen LogP) is 3.56. The molecule has 2 aromatic rings. The van der Waals surface area contributed by atoms with Gasteiger partial charge in [-0.1, -0.05) is 6.07 Å². The highest BCUT2D eigenvalue weighted by Crippen LogP contribution is 2.44. The number of rotatable bonds is 3. The molecule has 0 spiro atoms. The van der Waals surface area contributed by atoms with Crippen LogP contribution in [-0.4, -0.2) is 23.6 Å². The van der Waals surface area contributed by atoms with Crippen molar-refractivity contribution >= 4 is 27.5 Å². The smallest absolute Gasteiger partial charge is 0.271 e. The zero-order chi connectivity index (χ0) is 16.6. The van der Waals surface area contributed by atoms with Gasteiger partial charge >= 0.3 is 0 Å². The van der Waals surface area contributed by atoms with Crippen LogP contribution in [0.4, 0.5) is 5.69 Å². The Bertz CT molecular complexity index is 747. The maximum Gasteiger partial charge on any atom is 0.271 e. The number of ether oxygens (including phenoxy) is 2. The SMILES string of the molecule is COc1cc2c(cc1Br)OC(C)(C)C(=O)N2Cc1cccnc1. The molecule has 23 heavy (non-hydrogen) atoms. The van der Waals surface area contributed by atoms with Gasteiger partial charge < -0.3 is 14.4 Å². The van der Waals surface area contributed by atoms with Gasteiger partial charge in [0, 0.05) is 24.5 Å². The van der Waals surface area contributed by atoms with Gasteiger partial charge in [0.15, 0.2) is 5.60 Å². The van der Waals surface area contributed by atoms with Gasteiger partial charge in [0.05, 0.1) is 23.8 Å². The Kier molecular flexibility index (Phi) is 4.02. The Morgan fingerprint density at radius 2 is 2.17 bits per heavy atom. The van der Waals surface area contributed by atoms with Crippen molar-refractivity contribution in [2.45, 2.75) is 26.0 Å². The summed E-state index contributed by atoms with van der Waals surface area (Å²) in [6, 6.07) is 7.44. The van der Waals surface area contributed by atoms with Gasteiger partial charge in [-0.3, -0.25) is 9.78 Å². The molecule has 1 aromatic heterocycles. The molecule has 0 unspecified atom stereocenters. The highest BCUT2D eigenvalue weighted by molar-refractivity contribution is 9.10. The Morgan fingerprint density at radius 1 is 1.39 bits per heavy atom. The van der Waals surface area contributed by atoms with Gasteiger partial charge in [-0.15, -0.1) is 0 Å². The summed E-state index contributed by atoms with van der Waals surface area (Å²) >= 11 is 3.46. The molecule has 0 saturated carbocycles. The van der Waals surface area contributed by atoms with E-state index in [1.165, 1.54) is 0 Å². The van der Waals surface area contributed by atoms with Crippen molar-refractivity contribution in [3.05, 3.63) is 46.7 Å². The summed E-state index contributed by atoms with van der Waals surface area (Å²) in [4.78, 5) is 18.7. The summed E-state index contributed by atoms with van der Waals surface area (Å²) in [6.07, 6.45) is 3.47. The number of methoxy groups -OCH3 is 1. The Morgan fingerprint density at radius 3 is 2.83 bits per heavy atom. The first-order valence-electron chi connectivity index (χ1n) is 7.20. The molecule has 3 rings (SSSR count). The average molecular weight is 377 g/mol. The lowest BCUT2D eigenvalue weighted by atomic mass is 10.0. The molecule has 0 fully saturated rings.